The van der Waals surface area contributed by atoms with Crippen LogP contribution < -0.4 is 16.4 Å². The van der Waals surface area contributed by atoms with Crippen LogP contribution in [0.4, 0.5) is 11.5 Å². The van der Waals surface area contributed by atoms with Crippen molar-refractivity contribution in [2.75, 3.05) is 17.2 Å². The van der Waals surface area contributed by atoms with Crippen LogP contribution in [0.2, 0.25) is 0 Å². The predicted molar refractivity (Wildman–Crippen MR) is 83.1 cm³/mol. The summed E-state index contributed by atoms with van der Waals surface area (Å²) < 4.78 is 0. The number of pyridine rings is 1. The molecule has 4 N–H and O–H groups in total. The monoisotopic (exact) mass is 282 g/mol. The number of nitrogen functional groups attached to an aromatic ring is 1. The molecule has 0 saturated heterocycles. The van der Waals surface area contributed by atoms with Crippen LogP contribution in [0, 0.1) is 6.92 Å². The fraction of sp³-hybridized carbons (Fsp3) is 0.250. The van der Waals surface area contributed by atoms with Crippen molar-refractivity contribution in [2.24, 2.45) is 5.73 Å². The number of primary amides is 1. The van der Waals surface area contributed by atoms with E-state index in [2.05, 4.69) is 16.0 Å². The van der Waals surface area contributed by atoms with Crippen molar-refractivity contribution < 1.29 is 4.79 Å². The van der Waals surface area contributed by atoms with Gasteiger partial charge in [0.05, 0.1) is 5.56 Å². The minimum atomic E-state index is -0.436. The molecule has 21 heavy (non-hydrogen) atoms. The first kappa shape index (κ1) is 13.4. The molecule has 0 fully saturated rings. The molecule has 3 rings (SSSR count). The molecule has 0 unspecified atom stereocenters. The molecule has 5 heteroatoms. The number of hydrogen-bond acceptors (Lipinski definition) is 4. The van der Waals surface area contributed by atoms with E-state index in [4.69, 9.17) is 11.5 Å². The molecule has 1 aromatic carbocycles. The molecular weight excluding hydrogens is 264 g/mol. The highest BCUT2D eigenvalue weighted by Crippen LogP contribution is 2.29. The summed E-state index contributed by atoms with van der Waals surface area (Å²) in [6.07, 6.45) is 2.56. The van der Waals surface area contributed by atoms with Crippen molar-refractivity contribution in [3.63, 3.8) is 0 Å². The molecule has 5 nitrogen and oxygen atoms in total. The maximum Gasteiger partial charge on any atom is 0.252 e. The van der Waals surface area contributed by atoms with Gasteiger partial charge in [0, 0.05) is 25.0 Å². The van der Waals surface area contributed by atoms with Gasteiger partial charge in [-0.05, 0) is 42.2 Å². The fourth-order valence-electron chi connectivity index (χ4n) is 2.91. The Labute approximate surface area is 123 Å². The van der Waals surface area contributed by atoms with Crippen LogP contribution in [0.15, 0.2) is 30.5 Å². The molecule has 0 aliphatic carbocycles. The van der Waals surface area contributed by atoms with Gasteiger partial charge in [0.1, 0.15) is 5.82 Å². The number of hydrogen-bond donors (Lipinski definition) is 2. The van der Waals surface area contributed by atoms with Gasteiger partial charge in [-0.3, -0.25) is 4.79 Å². The molecular formula is C16H18N4O. The lowest BCUT2D eigenvalue weighted by molar-refractivity contribution is 0.1000. The second-order valence-electron chi connectivity index (χ2n) is 5.35. The van der Waals surface area contributed by atoms with E-state index in [9.17, 15) is 4.79 Å². The van der Waals surface area contributed by atoms with E-state index in [0.717, 1.165) is 24.2 Å². The Morgan fingerprint density at radius 2 is 2.14 bits per heavy atom. The Bertz CT molecular complexity index is 711. The number of nitrogens with two attached hydrogens (primary N) is 2. The molecule has 108 valence electrons. The van der Waals surface area contributed by atoms with Crippen molar-refractivity contribution in [3.8, 4) is 0 Å². The summed E-state index contributed by atoms with van der Waals surface area (Å²) in [4.78, 5) is 18.2. The molecule has 1 aromatic heterocycles. The highest BCUT2D eigenvalue weighted by molar-refractivity contribution is 5.99. The number of fused-ring (bicyclic) bond motifs is 1. The van der Waals surface area contributed by atoms with Crippen LogP contribution in [0.25, 0.3) is 0 Å². The molecule has 0 atom stereocenters. The van der Waals surface area contributed by atoms with Crippen LogP contribution in [0.5, 0.6) is 0 Å². The van der Waals surface area contributed by atoms with Crippen molar-refractivity contribution in [1.82, 2.24) is 4.98 Å². The Kier molecular flexibility index (Phi) is 3.25. The zero-order chi connectivity index (χ0) is 15.0. The van der Waals surface area contributed by atoms with Crippen molar-refractivity contribution >= 4 is 17.4 Å². The first-order valence-electron chi connectivity index (χ1n) is 6.94. The van der Waals surface area contributed by atoms with Gasteiger partial charge in [-0.15, -0.1) is 0 Å². The van der Waals surface area contributed by atoms with Crippen LogP contribution in [-0.4, -0.2) is 17.4 Å². The van der Waals surface area contributed by atoms with Gasteiger partial charge in [-0.1, -0.05) is 12.1 Å². The summed E-state index contributed by atoms with van der Waals surface area (Å²) in [7, 11) is 0. The Balaban J connectivity index is 2.01. The predicted octanol–water partition coefficient (Wildman–Crippen LogP) is 1.63. The Morgan fingerprint density at radius 3 is 2.90 bits per heavy atom. The third-order valence-corrected chi connectivity index (χ3v) is 3.99. The molecule has 0 radical (unpaired) electrons. The lowest BCUT2D eigenvalue weighted by Gasteiger charge is -2.31. The van der Waals surface area contributed by atoms with Gasteiger partial charge in [0.2, 0.25) is 0 Å². The van der Waals surface area contributed by atoms with Gasteiger partial charge >= 0.3 is 0 Å². The summed E-state index contributed by atoms with van der Waals surface area (Å²) in [6.45, 7) is 3.34. The van der Waals surface area contributed by atoms with Gasteiger partial charge in [0.15, 0.2) is 0 Å². The van der Waals surface area contributed by atoms with E-state index in [1.54, 1.807) is 12.3 Å². The average molecular weight is 282 g/mol. The fourth-order valence-corrected chi connectivity index (χ4v) is 2.91. The number of aromatic nitrogens is 1. The molecule has 1 aliphatic rings. The number of aryl methyl sites for hydroxylation is 1. The number of carbonyl (C=O) groups excluding carboxylic acids is 1. The lowest BCUT2D eigenvalue weighted by Crippen LogP contribution is -2.33. The van der Waals surface area contributed by atoms with Gasteiger partial charge < -0.3 is 16.4 Å². The number of rotatable bonds is 2. The second kappa shape index (κ2) is 5.09. The topological polar surface area (TPSA) is 85.2 Å². The summed E-state index contributed by atoms with van der Waals surface area (Å²) in [5, 5.41) is 0. The van der Waals surface area contributed by atoms with Crippen LogP contribution in [-0.2, 0) is 13.0 Å². The second-order valence-corrected chi connectivity index (χ2v) is 5.35. The molecule has 1 aliphatic heterocycles. The molecule has 0 saturated carbocycles. The largest absolute Gasteiger partial charge is 0.398 e. The molecule has 0 bridgehead atoms. The summed E-state index contributed by atoms with van der Waals surface area (Å²) in [6, 6.07) is 7.75. The van der Waals surface area contributed by atoms with E-state index >= 15 is 0 Å². The van der Waals surface area contributed by atoms with Crippen LogP contribution in [0.3, 0.4) is 0 Å². The van der Waals surface area contributed by atoms with Crippen molar-refractivity contribution in [1.29, 1.82) is 0 Å². The highest BCUT2D eigenvalue weighted by Gasteiger charge is 2.23. The Morgan fingerprint density at radius 1 is 1.33 bits per heavy atom. The van der Waals surface area contributed by atoms with E-state index in [1.807, 2.05) is 19.1 Å². The van der Waals surface area contributed by atoms with Gasteiger partial charge in [0.25, 0.3) is 5.91 Å². The minimum Gasteiger partial charge on any atom is -0.398 e. The minimum absolute atomic E-state index is 0.436. The summed E-state index contributed by atoms with van der Waals surface area (Å²) in [5.41, 5.74) is 16.1. The number of benzene rings is 1. The van der Waals surface area contributed by atoms with Gasteiger partial charge in [-0.25, -0.2) is 4.98 Å². The number of anilines is 2. The first-order chi connectivity index (χ1) is 10.1. The van der Waals surface area contributed by atoms with Crippen LogP contribution in [0.1, 0.15) is 27.0 Å². The SMILES string of the molecule is Cc1ccnc(N2CCc3c(N)cccc3C2)c1C(N)=O. The summed E-state index contributed by atoms with van der Waals surface area (Å²) >= 11 is 0. The summed E-state index contributed by atoms with van der Waals surface area (Å²) in [5.74, 6) is 0.226. The van der Waals surface area contributed by atoms with Crippen molar-refractivity contribution in [2.45, 2.75) is 19.9 Å². The molecule has 0 spiro atoms. The average Bonchev–Trinajstić information content (AvgIpc) is 2.46. The third kappa shape index (κ3) is 2.31. The number of carbonyl (C=O) groups is 1. The van der Waals surface area contributed by atoms with Crippen LogP contribution >= 0.6 is 0 Å². The maximum atomic E-state index is 11.7. The zero-order valence-electron chi connectivity index (χ0n) is 12.0. The number of nitrogens with zero attached hydrogens (tertiary/aromatic N) is 2. The highest BCUT2D eigenvalue weighted by atomic mass is 16.1. The zero-order valence-corrected chi connectivity index (χ0v) is 12.0. The normalized spacial score (nSPS) is 13.9. The quantitative estimate of drug-likeness (QED) is 0.820. The molecule has 1 amide bonds. The van der Waals surface area contributed by atoms with E-state index in [-0.39, 0.29) is 0 Å². The smallest absolute Gasteiger partial charge is 0.252 e. The van der Waals surface area contributed by atoms with Gasteiger partial charge in [-0.2, -0.15) is 0 Å². The van der Waals surface area contributed by atoms with E-state index < -0.39 is 5.91 Å². The van der Waals surface area contributed by atoms with Crippen molar-refractivity contribution in [3.05, 3.63) is 52.7 Å². The third-order valence-electron chi connectivity index (χ3n) is 3.99. The first-order valence-corrected chi connectivity index (χ1v) is 6.94. The van der Waals surface area contributed by atoms with E-state index in [0.29, 0.717) is 17.9 Å². The standard InChI is InChI=1S/C16H18N4O/c1-10-5-7-19-16(14(10)15(18)21)20-8-6-12-11(9-20)3-2-4-13(12)17/h2-5,7H,6,8-9,17H2,1H3,(H2,18,21). The molecule has 2 heterocycles. The lowest BCUT2D eigenvalue weighted by atomic mass is 9.97. The Hall–Kier alpha value is -2.56. The van der Waals surface area contributed by atoms with E-state index in [1.165, 1.54) is 11.1 Å². The molecule has 2 aromatic rings. The maximum absolute atomic E-state index is 11.7. The number of amides is 1.